The van der Waals surface area contributed by atoms with Crippen LogP contribution in [0.5, 0.6) is 0 Å². The van der Waals surface area contributed by atoms with Crippen molar-refractivity contribution in [3.05, 3.63) is 35.7 Å². The summed E-state index contributed by atoms with van der Waals surface area (Å²) in [5.74, 6) is -3.09. The Kier molecular flexibility index (Phi) is 5.78. The molecule has 2 aromatic rings. The Morgan fingerprint density at radius 2 is 1.78 bits per heavy atom. The van der Waals surface area contributed by atoms with Gasteiger partial charge in [0.25, 0.3) is 5.91 Å². The number of hydroxylamine groups is 2. The maximum atomic E-state index is 12.5. The Hall–Kier alpha value is -2.63. The predicted octanol–water partition coefficient (Wildman–Crippen LogP) is 4.16. The zero-order chi connectivity index (χ0) is 20.4. The molecule has 1 aromatic heterocycles. The van der Waals surface area contributed by atoms with E-state index in [4.69, 9.17) is 4.84 Å². The Morgan fingerprint density at radius 3 is 2.22 bits per heavy atom. The second-order valence-corrected chi connectivity index (χ2v) is 5.41. The molecule has 1 amide bonds. The van der Waals surface area contributed by atoms with Gasteiger partial charge in [0.2, 0.25) is 5.82 Å². The molecule has 1 aromatic carbocycles. The summed E-state index contributed by atoms with van der Waals surface area (Å²) in [4.78, 5) is 19.7. The Bertz CT molecular complexity index is 785. The van der Waals surface area contributed by atoms with Crippen LogP contribution in [0.4, 0.5) is 26.3 Å². The highest BCUT2D eigenvalue weighted by atomic mass is 19.4. The summed E-state index contributed by atoms with van der Waals surface area (Å²) >= 11 is 0. The van der Waals surface area contributed by atoms with E-state index < -0.39 is 36.6 Å². The number of amides is 1. The van der Waals surface area contributed by atoms with E-state index in [1.807, 2.05) is 0 Å². The third-order valence-corrected chi connectivity index (χ3v) is 3.47. The largest absolute Gasteiger partial charge is 0.471 e. The van der Waals surface area contributed by atoms with Crippen LogP contribution in [-0.4, -0.2) is 34.4 Å². The summed E-state index contributed by atoms with van der Waals surface area (Å²) < 4.78 is 78.7. The van der Waals surface area contributed by atoms with Crippen molar-refractivity contribution in [2.24, 2.45) is 0 Å². The molecular formula is C15H13F6N3O3. The van der Waals surface area contributed by atoms with E-state index in [0.29, 0.717) is 10.6 Å². The molecule has 0 saturated carbocycles. The van der Waals surface area contributed by atoms with Crippen LogP contribution in [0.3, 0.4) is 0 Å². The second-order valence-electron chi connectivity index (χ2n) is 5.41. The molecule has 12 heteroatoms. The molecule has 0 radical (unpaired) electrons. The third kappa shape index (κ3) is 5.18. The summed E-state index contributed by atoms with van der Waals surface area (Å²) in [6.07, 6.45) is -11.2. The van der Waals surface area contributed by atoms with Gasteiger partial charge in [-0.1, -0.05) is 29.4 Å². The topological polar surface area (TPSA) is 68.5 Å². The fraction of sp³-hybridized carbons (Fsp3) is 0.400. The lowest BCUT2D eigenvalue weighted by molar-refractivity contribution is -0.204. The summed E-state index contributed by atoms with van der Waals surface area (Å²) in [7, 11) is 1.05. The molecule has 148 valence electrons. The molecule has 0 fully saturated rings. The minimum absolute atomic E-state index is 0.191. The average molecular weight is 397 g/mol. The van der Waals surface area contributed by atoms with E-state index in [2.05, 4.69) is 14.7 Å². The number of hydrogen-bond donors (Lipinski definition) is 0. The maximum Gasteiger partial charge on any atom is 0.471 e. The quantitative estimate of drug-likeness (QED) is 0.560. The first-order chi connectivity index (χ1) is 12.4. The van der Waals surface area contributed by atoms with Crippen molar-refractivity contribution in [2.45, 2.75) is 31.7 Å². The molecule has 0 spiro atoms. The highest BCUT2D eigenvalue weighted by molar-refractivity contribution is 5.76. The molecule has 1 unspecified atom stereocenters. The number of halogens is 6. The zero-order valence-electron chi connectivity index (χ0n) is 13.9. The molecule has 27 heavy (non-hydrogen) atoms. The van der Waals surface area contributed by atoms with Crippen LogP contribution in [0.2, 0.25) is 0 Å². The van der Waals surface area contributed by atoms with Gasteiger partial charge < -0.3 is 4.52 Å². The van der Waals surface area contributed by atoms with E-state index in [-0.39, 0.29) is 11.4 Å². The van der Waals surface area contributed by atoms with Gasteiger partial charge in [-0.05, 0) is 12.5 Å². The monoisotopic (exact) mass is 397 g/mol. The molecule has 1 heterocycles. The number of nitrogens with zero attached hydrogens (tertiary/aromatic N) is 3. The summed E-state index contributed by atoms with van der Waals surface area (Å²) in [5, 5.41) is 3.79. The normalized spacial score (nSPS) is 13.5. The summed E-state index contributed by atoms with van der Waals surface area (Å²) in [6.45, 7) is 1.43. The Balaban J connectivity index is 2.18. The van der Waals surface area contributed by atoms with Crippen molar-refractivity contribution in [3.63, 3.8) is 0 Å². The van der Waals surface area contributed by atoms with E-state index in [9.17, 15) is 31.1 Å². The van der Waals surface area contributed by atoms with E-state index in [1.54, 1.807) is 0 Å². The predicted molar refractivity (Wildman–Crippen MR) is 77.7 cm³/mol. The maximum absolute atomic E-state index is 12.5. The van der Waals surface area contributed by atoms with E-state index in [0.717, 1.165) is 7.11 Å². The molecule has 2 rings (SSSR count). The van der Waals surface area contributed by atoms with Crippen LogP contribution in [0.15, 0.2) is 28.8 Å². The van der Waals surface area contributed by atoms with Crippen molar-refractivity contribution in [1.82, 2.24) is 15.2 Å². The Labute approximate surface area is 148 Å². The minimum Gasteiger partial charge on any atom is -0.329 e. The number of hydrogen-bond acceptors (Lipinski definition) is 5. The molecule has 0 aliphatic rings. The van der Waals surface area contributed by atoms with Gasteiger partial charge in [0, 0.05) is 5.56 Å². The number of carbonyl (C=O) groups is 1. The molecule has 0 saturated heterocycles. The van der Waals surface area contributed by atoms with Crippen molar-refractivity contribution in [2.75, 3.05) is 7.11 Å². The van der Waals surface area contributed by atoms with Gasteiger partial charge in [0.1, 0.15) is 6.42 Å². The lowest BCUT2D eigenvalue weighted by atomic mass is 10.1. The molecule has 0 N–H and O–H groups in total. The first kappa shape index (κ1) is 20.7. The minimum atomic E-state index is -4.78. The van der Waals surface area contributed by atoms with Gasteiger partial charge in [-0.2, -0.15) is 31.3 Å². The van der Waals surface area contributed by atoms with Crippen molar-refractivity contribution >= 4 is 5.91 Å². The van der Waals surface area contributed by atoms with Crippen molar-refractivity contribution in [1.29, 1.82) is 0 Å². The summed E-state index contributed by atoms with van der Waals surface area (Å²) in [5.41, 5.74) is 0.575. The van der Waals surface area contributed by atoms with E-state index >= 15 is 0 Å². The number of aromatic nitrogens is 2. The van der Waals surface area contributed by atoms with Crippen LogP contribution in [0.1, 0.15) is 30.8 Å². The fourth-order valence-corrected chi connectivity index (χ4v) is 2.23. The van der Waals surface area contributed by atoms with Crippen LogP contribution in [0.25, 0.3) is 11.4 Å². The molecular weight excluding hydrogens is 384 g/mol. The second kappa shape index (κ2) is 7.55. The highest BCUT2D eigenvalue weighted by Crippen LogP contribution is 2.30. The molecule has 0 bridgehead atoms. The smallest absolute Gasteiger partial charge is 0.329 e. The van der Waals surface area contributed by atoms with Gasteiger partial charge in [-0.25, -0.2) is 5.06 Å². The van der Waals surface area contributed by atoms with Crippen LogP contribution in [-0.2, 0) is 15.8 Å². The first-order valence-electron chi connectivity index (χ1n) is 7.36. The van der Waals surface area contributed by atoms with Crippen LogP contribution < -0.4 is 0 Å². The van der Waals surface area contributed by atoms with Crippen LogP contribution >= 0.6 is 0 Å². The standard InChI is InChI=1S/C15H13F6N3O3/c1-8(24(26-2)11(25)7-14(16,17)18)9-3-5-10(6-4-9)12-22-13(27-23-12)15(19,20)21/h3-6,8H,7H2,1-2H3. The van der Waals surface area contributed by atoms with E-state index in [1.165, 1.54) is 31.2 Å². The molecule has 1 atom stereocenters. The molecule has 6 nitrogen and oxygen atoms in total. The number of benzene rings is 1. The lowest BCUT2D eigenvalue weighted by Crippen LogP contribution is -2.35. The third-order valence-electron chi connectivity index (χ3n) is 3.47. The first-order valence-corrected chi connectivity index (χ1v) is 7.36. The number of carbonyl (C=O) groups excluding carboxylic acids is 1. The highest BCUT2D eigenvalue weighted by Gasteiger charge is 2.38. The van der Waals surface area contributed by atoms with Gasteiger partial charge >= 0.3 is 18.2 Å². The molecule has 0 aliphatic heterocycles. The zero-order valence-corrected chi connectivity index (χ0v) is 13.9. The fourth-order valence-electron chi connectivity index (χ4n) is 2.23. The van der Waals surface area contributed by atoms with Gasteiger partial charge in [0.05, 0.1) is 13.2 Å². The number of rotatable bonds is 5. The van der Waals surface area contributed by atoms with Gasteiger partial charge in [-0.3, -0.25) is 9.63 Å². The molecule has 0 aliphatic carbocycles. The SMILES string of the molecule is CON(C(=O)CC(F)(F)F)C(C)c1ccc(-c2noc(C(F)(F)F)n2)cc1. The average Bonchev–Trinajstić information content (AvgIpc) is 3.04. The number of alkyl halides is 6. The lowest BCUT2D eigenvalue weighted by Gasteiger charge is -2.27. The summed E-state index contributed by atoms with van der Waals surface area (Å²) in [6, 6.07) is 4.61. The van der Waals surface area contributed by atoms with Crippen molar-refractivity contribution < 1.29 is 40.5 Å². The van der Waals surface area contributed by atoms with Crippen LogP contribution in [0, 0.1) is 0 Å². The van der Waals surface area contributed by atoms with Gasteiger partial charge in [-0.15, -0.1) is 0 Å². The van der Waals surface area contributed by atoms with Crippen molar-refractivity contribution in [3.8, 4) is 11.4 Å². The Morgan fingerprint density at radius 1 is 1.19 bits per heavy atom. The van der Waals surface area contributed by atoms with Gasteiger partial charge in [0.15, 0.2) is 0 Å².